The van der Waals surface area contributed by atoms with Gasteiger partial charge >= 0.3 is 0 Å². The van der Waals surface area contributed by atoms with Crippen LogP contribution in [0.4, 0.5) is 5.69 Å². The van der Waals surface area contributed by atoms with E-state index in [1.807, 2.05) is 6.92 Å². The SMILES string of the molecule is CCNCCC(=O)Nc1ccccc1C(N)=O. The Morgan fingerprint density at radius 2 is 2.00 bits per heavy atom. The van der Waals surface area contributed by atoms with Gasteiger partial charge in [-0.1, -0.05) is 19.1 Å². The highest BCUT2D eigenvalue weighted by atomic mass is 16.2. The van der Waals surface area contributed by atoms with Crippen molar-refractivity contribution < 1.29 is 9.59 Å². The highest BCUT2D eigenvalue weighted by Crippen LogP contribution is 2.14. The van der Waals surface area contributed by atoms with Crippen LogP contribution in [0.2, 0.25) is 0 Å². The predicted octanol–water partition coefficient (Wildman–Crippen LogP) is 0.724. The zero-order valence-electron chi connectivity index (χ0n) is 9.82. The maximum atomic E-state index is 11.6. The first-order valence-corrected chi connectivity index (χ1v) is 5.54. The minimum atomic E-state index is -0.549. The van der Waals surface area contributed by atoms with E-state index in [2.05, 4.69) is 10.6 Å². The van der Waals surface area contributed by atoms with Gasteiger partial charge in [-0.2, -0.15) is 0 Å². The van der Waals surface area contributed by atoms with Gasteiger partial charge in [0.25, 0.3) is 5.91 Å². The third-order valence-electron chi connectivity index (χ3n) is 2.25. The number of hydrogen-bond acceptors (Lipinski definition) is 3. The van der Waals surface area contributed by atoms with Crippen LogP contribution < -0.4 is 16.4 Å². The fraction of sp³-hybridized carbons (Fsp3) is 0.333. The summed E-state index contributed by atoms with van der Waals surface area (Å²) in [7, 11) is 0. The Morgan fingerprint density at radius 3 is 2.65 bits per heavy atom. The quantitative estimate of drug-likeness (QED) is 0.635. The molecule has 0 fully saturated rings. The topological polar surface area (TPSA) is 84.2 Å². The van der Waals surface area contributed by atoms with Crippen molar-refractivity contribution in [3.63, 3.8) is 0 Å². The van der Waals surface area contributed by atoms with Crippen LogP contribution in [-0.2, 0) is 4.79 Å². The predicted molar refractivity (Wildman–Crippen MR) is 66.8 cm³/mol. The van der Waals surface area contributed by atoms with Gasteiger partial charge in [0, 0.05) is 13.0 Å². The number of amides is 2. The summed E-state index contributed by atoms with van der Waals surface area (Å²) in [5, 5.41) is 5.72. The molecule has 2 amide bonds. The number of primary amides is 1. The maximum absolute atomic E-state index is 11.6. The summed E-state index contributed by atoms with van der Waals surface area (Å²) in [6.07, 6.45) is 0.362. The summed E-state index contributed by atoms with van der Waals surface area (Å²) < 4.78 is 0. The van der Waals surface area contributed by atoms with Gasteiger partial charge in [-0.25, -0.2) is 0 Å². The van der Waals surface area contributed by atoms with Crippen molar-refractivity contribution in [2.24, 2.45) is 5.73 Å². The van der Waals surface area contributed by atoms with E-state index in [0.29, 0.717) is 24.2 Å². The molecule has 0 spiro atoms. The standard InChI is InChI=1S/C12H17N3O2/c1-2-14-8-7-11(16)15-10-6-4-3-5-9(10)12(13)17/h3-6,14H,2,7-8H2,1H3,(H2,13,17)(H,15,16). The molecule has 0 aliphatic carbocycles. The summed E-state index contributed by atoms with van der Waals surface area (Å²) in [5.74, 6) is -0.688. The second-order valence-corrected chi connectivity index (χ2v) is 3.56. The molecule has 0 heterocycles. The third kappa shape index (κ3) is 4.24. The molecule has 0 bridgehead atoms. The molecular weight excluding hydrogens is 218 g/mol. The van der Waals surface area contributed by atoms with Crippen molar-refractivity contribution in [2.45, 2.75) is 13.3 Å². The van der Waals surface area contributed by atoms with Crippen LogP contribution in [0.15, 0.2) is 24.3 Å². The summed E-state index contributed by atoms with van der Waals surface area (Å²) in [6.45, 7) is 3.41. The molecule has 17 heavy (non-hydrogen) atoms. The molecule has 0 aromatic heterocycles. The van der Waals surface area contributed by atoms with Gasteiger partial charge in [0.2, 0.25) is 5.91 Å². The molecule has 5 heteroatoms. The van der Waals surface area contributed by atoms with Crippen molar-refractivity contribution in [3.05, 3.63) is 29.8 Å². The van der Waals surface area contributed by atoms with Crippen molar-refractivity contribution in [1.29, 1.82) is 0 Å². The van der Waals surface area contributed by atoms with Crippen molar-refractivity contribution in [3.8, 4) is 0 Å². The zero-order valence-corrected chi connectivity index (χ0v) is 9.82. The summed E-state index contributed by atoms with van der Waals surface area (Å²) in [4.78, 5) is 22.7. The minimum absolute atomic E-state index is 0.139. The van der Waals surface area contributed by atoms with E-state index in [-0.39, 0.29) is 5.91 Å². The average molecular weight is 235 g/mol. The molecule has 0 unspecified atom stereocenters. The number of nitrogens with one attached hydrogen (secondary N) is 2. The van der Waals surface area contributed by atoms with Crippen LogP contribution in [0.1, 0.15) is 23.7 Å². The Balaban J connectivity index is 2.61. The zero-order chi connectivity index (χ0) is 12.7. The molecule has 4 N–H and O–H groups in total. The number of rotatable bonds is 6. The van der Waals surface area contributed by atoms with Crippen LogP contribution >= 0.6 is 0 Å². The Hall–Kier alpha value is -1.88. The number of anilines is 1. The van der Waals surface area contributed by atoms with Gasteiger partial charge in [0.05, 0.1) is 11.3 Å². The molecular formula is C12H17N3O2. The normalized spacial score (nSPS) is 9.94. The lowest BCUT2D eigenvalue weighted by molar-refractivity contribution is -0.116. The largest absolute Gasteiger partial charge is 0.366 e. The number of benzene rings is 1. The number of carbonyl (C=O) groups excluding carboxylic acids is 2. The molecule has 1 aromatic rings. The third-order valence-corrected chi connectivity index (χ3v) is 2.25. The first-order chi connectivity index (χ1) is 8.15. The molecule has 0 atom stereocenters. The second kappa shape index (κ2) is 6.65. The van der Waals surface area contributed by atoms with Gasteiger partial charge in [0.1, 0.15) is 0 Å². The molecule has 0 saturated heterocycles. The summed E-state index contributed by atoms with van der Waals surface area (Å²) >= 11 is 0. The smallest absolute Gasteiger partial charge is 0.250 e. The molecule has 0 aliphatic rings. The monoisotopic (exact) mass is 235 g/mol. The van der Waals surface area contributed by atoms with E-state index in [9.17, 15) is 9.59 Å². The van der Waals surface area contributed by atoms with Gasteiger partial charge < -0.3 is 16.4 Å². The fourth-order valence-electron chi connectivity index (χ4n) is 1.40. The van der Waals surface area contributed by atoms with E-state index in [1.54, 1.807) is 24.3 Å². The average Bonchev–Trinajstić information content (AvgIpc) is 2.29. The Labute approximate surface area is 100 Å². The number of para-hydroxylation sites is 1. The Kier molecular flexibility index (Phi) is 5.16. The van der Waals surface area contributed by atoms with Gasteiger partial charge in [-0.05, 0) is 18.7 Å². The van der Waals surface area contributed by atoms with Crippen LogP contribution in [0.5, 0.6) is 0 Å². The molecule has 5 nitrogen and oxygen atoms in total. The molecule has 92 valence electrons. The maximum Gasteiger partial charge on any atom is 0.250 e. The van der Waals surface area contributed by atoms with E-state index in [1.165, 1.54) is 0 Å². The Morgan fingerprint density at radius 1 is 1.29 bits per heavy atom. The lowest BCUT2D eigenvalue weighted by Crippen LogP contribution is -2.23. The first-order valence-electron chi connectivity index (χ1n) is 5.54. The lowest BCUT2D eigenvalue weighted by atomic mass is 10.1. The molecule has 1 aromatic carbocycles. The molecule has 0 saturated carbocycles. The fourth-order valence-corrected chi connectivity index (χ4v) is 1.40. The van der Waals surface area contributed by atoms with E-state index in [0.717, 1.165) is 6.54 Å². The molecule has 0 aliphatic heterocycles. The van der Waals surface area contributed by atoms with E-state index in [4.69, 9.17) is 5.73 Å². The second-order valence-electron chi connectivity index (χ2n) is 3.56. The van der Waals surface area contributed by atoms with Gasteiger partial charge in [0.15, 0.2) is 0 Å². The van der Waals surface area contributed by atoms with Crippen LogP contribution in [0.3, 0.4) is 0 Å². The number of hydrogen-bond donors (Lipinski definition) is 3. The highest BCUT2D eigenvalue weighted by molar-refractivity contribution is 6.02. The van der Waals surface area contributed by atoms with E-state index < -0.39 is 5.91 Å². The highest BCUT2D eigenvalue weighted by Gasteiger charge is 2.09. The van der Waals surface area contributed by atoms with Gasteiger partial charge in [-0.15, -0.1) is 0 Å². The lowest BCUT2D eigenvalue weighted by Gasteiger charge is -2.08. The van der Waals surface area contributed by atoms with Crippen LogP contribution in [-0.4, -0.2) is 24.9 Å². The molecule has 0 radical (unpaired) electrons. The Bertz CT molecular complexity index is 404. The minimum Gasteiger partial charge on any atom is -0.366 e. The number of nitrogens with two attached hydrogens (primary N) is 1. The first kappa shape index (κ1) is 13.2. The van der Waals surface area contributed by atoms with Crippen molar-refractivity contribution >= 4 is 17.5 Å². The summed E-state index contributed by atoms with van der Waals surface area (Å²) in [5.41, 5.74) is 5.99. The van der Waals surface area contributed by atoms with E-state index >= 15 is 0 Å². The van der Waals surface area contributed by atoms with Crippen molar-refractivity contribution in [1.82, 2.24) is 5.32 Å². The van der Waals surface area contributed by atoms with Crippen LogP contribution in [0.25, 0.3) is 0 Å². The molecule has 1 rings (SSSR count). The van der Waals surface area contributed by atoms with Crippen LogP contribution in [0, 0.1) is 0 Å². The number of carbonyl (C=O) groups is 2. The van der Waals surface area contributed by atoms with Crippen molar-refractivity contribution in [2.75, 3.05) is 18.4 Å². The van der Waals surface area contributed by atoms with Gasteiger partial charge in [-0.3, -0.25) is 9.59 Å². The summed E-state index contributed by atoms with van der Waals surface area (Å²) in [6, 6.07) is 6.69.